The van der Waals surface area contributed by atoms with Crippen LogP contribution in [0.3, 0.4) is 0 Å². The number of hydrogen-bond donors (Lipinski definition) is 2. The van der Waals surface area contributed by atoms with Crippen molar-refractivity contribution in [1.82, 2.24) is 9.97 Å². The molecule has 0 amide bonds. The lowest BCUT2D eigenvalue weighted by atomic mass is 10.1. The van der Waals surface area contributed by atoms with Gasteiger partial charge in [0.2, 0.25) is 0 Å². The Bertz CT molecular complexity index is 860. The fourth-order valence-corrected chi connectivity index (χ4v) is 2.41. The van der Waals surface area contributed by atoms with Crippen molar-refractivity contribution in [3.63, 3.8) is 0 Å². The monoisotopic (exact) mass is 326 g/mol. The minimum atomic E-state index is -0.914. The van der Waals surface area contributed by atoms with Crippen LogP contribution in [-0.2, 0) is 0 Å². The summed E-state index contributed by atoms with van der Waals surface area (Å²) in [5, 5.41) is 6.13. The van der Waals surface area contributed by atoms with E-state index < -0.39 is 11.6 Å². The van der Waals surface area contributed by atoms with E-state index in [9.17, 15) is 8.78 Å². The predicted molar refractivity (Wildman–Crippen MR) is 90.9 cm³/mol. The van der Waals surface area contributed by atoms with Crippen molar-refractivity contribution in [2.24, 2.45) is 0 Å². The van der Waals surface area contributed by atoms with Crippen LogP contribution in [0, 0.1) is 25.5 Å². The van der Waals surface area contributed by atoms with Crippen LogP contribution in [0.2, 0.25) is 0 Å². The third kappa shape index (κ3) is 3.84. The second-order valence-electron chi connectivity index (χ2n) is 5.54. The molecule has 0 saturated carbocycles. The number of benzene rings is 2. The summed E-state index contributed by atoms with van der Waals surface area (Å²) in [7, 11) is 0. The molecule has 24 heavy (non-hydrogen) atoms. The Morgan fingerprint density at radius 2 is 1.33 bits per heavy atom. The van der Waals surface area contributed by atoms with E-state index in [0.717, 1.165) is 28.9 Å². The summed E-state index contributed by atoms with van der Waals surface area (Å²) in [6, 6.07) is 11.4. The zero-order valence-electron chi connectivity index (χ0n) is 13.3. The van der Waals surface area contributed by atoms with E-state index in [2.05, 4.69) is 26.7 Å². The number of aryl methyl sites for hydroxylation is 2. The standard InChI is InChI=1S/C18H16F2N4/c1-11-5-12(2)7-14(6-11)24-18-9-17(21-10-22-18)23-13-3-4-15(19)16(20)8-13/h3-10H,1-2H3,(H2,21,22,23,24). The van der Waals surface area contributed by atoms with Gasteiger partial charge in [-0.2, -0.15) is 0 Å². The lowest BCUT2D eigenvalue weighted by Crippen LogP contribution is -1.99. The van der Waals surface area contributed by atoms with Crippen LogP contribution in [0.1, 0.15) is 11.1 Å². The molecule has 0 unspecified atom stereocenters. The molecule has 0 radical (unpaired) electrons. The topological polar surface area (TPSA) is 49.8 Å². The van der Waals surface area contributed by atoms with Gasteiger partial charge in [-0.05, 0) is 49.2 Å². The summed E-state index contributed by atoms with van der Waals surface area (Å²) in [4.78, 5) is 8.26. The molecule has 3 aromatic rings. The summed E-state index contributed by atoms with van der Waals surface area (Å²) in [5.74, 6) is -0.731. The zero-order valence-corrected chi connectivity index (χ0v) is 13.3. The molecule has 6 heteroatoms. The molecule has 4 nitrogen and oxygen atoms in total. The highest BCUT2D eigenvalue weighted by Gasteiger charge is 2.05. The first kappa shape index (κ1) is 15.9. The Morgan fingerprint density at radius 1 is 0.708 bits per heavy atom. The van der Waals surface area contributed by atoms with Crippen LogP contribution in [-0.4, -0.2) is 9.97 Å². The van der Waals surface area contributed by atoms with Gasteiger partial charge >= 0.3 is 0 Å². The van der Waals surface area contributed by atoms with E-state index in [1.165, 1.54) is 12.4 Å². The summed E-state index contributed by atoms with van der Waals surface area (Å²) < 4.78 is 26.2. The number of aromatic nitrogens is 2. The molecule has 0 spiro atoms. The van der Waals surface area contributed by atoms with Gasteiger partial charge in [-0.15, -0.1) is 0 Å². The van der Waals surface area contributed by atoms with E-state index in [1.54, 1.807) is 6.07 Å². The average molecular weight is 326 g/mol. The second-order valence-corrected chi connectivity index (χ2v) is 5.54. The molecular weight excluding hydrogens is 310 g/mol. The number of nitrogens with one attached hydrogen (secondary N) is 2. The van der Waals surface area contributed by atoms with Gasteiger partial charge in [-0.3, -0.25) is 0 Å². The SMILES string of the molecule is Cc1cc(C)cc(Nc2cc(Nc3ccc(F)c(F)c3)ncn2)c1. The highest BCUT2D eigenvalue weighted by atomic mass is 19.2. The molecule has 1 heterocycles. The third-order valence-electron chi connectivity index (χ3n) is 3.35. The van der Waals surface area contributed by atoms with Crippen molar-refractivity contribution in [1.29, 1.82) is 0 Å². The minimum absolute atomic E-state index is 0.407. The molecule has 0 aliphatic rings. The lowest BCUT2D eigenvalue weighted by molar-refractivity contribution is 0.509. The van der Waals surface area contributed by atoms with Gasteiger partial charge in [0.15, 0.2) is 11.6 Å². The van der Waals surface area contributed by atoms with Crippen LogP contribution in [0.25, 0.3) is 0 Å². The Morgan fingerprint density at radius 3 is 1.96 bits per heavy atom. The van der Waals surface area contributed by atoms with Crippen molar-refractivity contribution in [3.8, 4) is 0 Å². The summed E-state index contributed by atoms with van der Waals surface area (Å²) in [6.07, 6.45) is 1.40. The van der Waals surface area contributed by atoms with Crippen molar-refractivity contribution < 1.29 is 8.78 Å². The molecule has 0 aliphatic heterocycles. The van der Waals surface area contributed by atoms with Gasteiger partial charge in [0.25, 0.3) is 0 Å². The van der Waals surface area contributed by atoms with Crippen molar-refractivity contribution >= 4 is 23.0 Å². The molecule has 1 aromatic heterocycles. The quantitative estimate of drug-likeness (QED) is 0.719. The Labute approximate surface area is 138 Å². The Hall–Kier alpha value is -3.02. The van der Waals surface area contributed by atoms with Gasteiger partial charge in [0, 0.05) is 23.5 Å². The minimum Gasteiger partial charge on any atom is -0.340 e. The second kappa shape index (κ2) is 6.62. The maximum Gasteiger partial charge on any atom is 0.160 e. The van der Waals surface area contributed by atoms with E-state index in [0.29, 0.717) is 17.3 Å². The largest absolute Gasteiger partial charge is 0.340 e. The number of anilines is 4. The van der Waals surface area contributed by atoms with Crippen molar-refractivity contribution in [2.75, 3.05) is 10.6 Å². The van der Waals surface area contributed by atoms with E-state index in [4.69, 9.17) is 0 Å². The highest BCUT2D eigenvalue weighted by Crippen LogP contribution is 2.22. The van der Waals surface area contributed by atoms with Crippen LogP contribution in [0.15, 0.2) is 48.8 Å². The highest BCUT2D eigenvalue weighted by molar-refractivity contribution is 5.63. The number of hydrogen-bond acceptors (Lipinski definition) is 4. The predicted octanol–water partition coefficient (Wildman–Crippen LogP) is 4.86. The number of halogens is 2. The summed E-state index contributed by atoms with van der Waals surface area (Å²) in [5.41, 5.74) is 3.62. The van der Waals surface area contributed by atoms with Crippen LogP contribution < -0.4 is 10.6 Å². The normalized spacial score (nSPS) is 10.5. The van der Waals surface area contributed by atoms with E-state index >= 15 is 0 Å². The maximum atomic E-state index is 13.3. The van der Waals surface area contributed by atoms with Crippen molar-refractivity contribution in [3.05, 3.63) is 71.6 Å². The molecule has 0 saturated heterocycles. The van der Waals surface area contributed by atoms with Crippen LogP contribution in [0.5, 0.6) is 0 Å². The van der Waals surface area contributed by atoms with Gasteiger partial charge in [0.1, 0.15) is 18.0 Å². The fraction of sp³-hybridized carbons (Fsp3) is 0.111. The lowest BCUT2D eigenvalue weighted by Gasteiger charge is -2.10. The van der Waals surface area contributed by atoms with Gasteiger partial charge in [-0.25, -0.2) is 18.7 Å². The molecule has 3 rings (SSSR count). The average Bonchev–Trinajstić information content (AvgIpc) is 2.50. The van der Waals surface area contributed by atoms with Crippen LogP contribution in [0.4, 0.5) is 31.8 Å². The first-order chi connectivity index (χ1) is 11.5. The number of nitrogens with zero attached hydrogens (tertiary/aromatic N) is 2. The zero-order chi connectivity index (χ0) is 17.1. The van der Waals surface area contributed by atoms with Crippen LogP contribution >= 0.6 is 0 Å². The molecule has 0 aliphatic carbocycles. The molecule has 0 fully saturated rings. The first-order valence-electron chi connectivity index (χ1n) is 7.39. The summed E-state index contributed by atoms with van der Waals surface area (Å²) in [6.45, 7) is 4.04. The summed E-state index contributed by atoms with van der Waals surface area (Å²) >= 11 is 0. The van der Waals surface area contributed by atoms with Crippen molar-refractivity contribution in [2.45, 2.75) is 13.8 Å². The fourth-order valence-electron chi connectivity index (χ4n) is 2.41. The van der Waals surface area contributed by atoms with E-state index in [-0.39, 0.29) is 0 Å². The Balaban J connectivity index is 1.79. The smallest absolute Gasteiger partial charge is 0.160 e. The molecule has 2 N–H and O–H groups in total. The number of rotatable bonds is 4. The van der Waals surface area contributed by atoms with Gasteiger partial charge in [0.05, 0.1) is 0 Å². The molecular formula is C18H16F2N4. The maximum absolute atomic E-state index is 13.3. The molecule has 0 bridgehead atoms. The molecule has 122 valence electrons. The van der Waals surface area contributed by atoms with Gasteiger partial charge < -0.3 is 10.6 Å². The Kier molecular flexibility index (Phi) is 4.37. The van der Waals surface area contributed by atoms with E-state index in [1.807, 2.05) is 26.0 Å². The third-order valence-corrected chi connectivity index (χ3v) is 3.35. The molecule has 2 aromatic carbocycles. The van der Waals surface area contributed by atoms with Gasteiger partial charge in [-0.1, -0.05) is 6.07 Å². The molecule has 0 atom stereocenters. The first-order valence-corrected chi connectivity index (χ1v) is 7.39.